The zero-order chi connectivity index (χ0) is 14.7. The number of methoxy groups -OCH3 is 1. The van der Waals surface area contributed by atoms with Gasteiger partial charge in [-0.3, -0.25) is 0 Å². The maximum atomic E-state index is 11.5. The number of aryl methyl sites for hydroxylation is 1. The van der Waals surface area contributed by atoms with Gasteiger partial charge in [-0.2, -0.15) is 0 Å². The van der Waals surface area contributed by atoms with Crippen molar-refractivity contribution in [3.8, 4) is 11.5 Å². The molecule has 0 atom stereocenters. The molecule has 2 rings (SSSR count). The van der Waals surface area contributed by atoms with E-state index >= 15 is 0 Å². The summed E-state index contributed by atoms with van der Waals surface area (Å²) in [6.45, 7) is 5.42. The Hall–Kier alpha value is -2.49. The Kier molecular flexibility index (Phi) is 3.94. The summed E-state index contributed by atoms with van der Waals surface area (Å²) in [6.07, 6.45) is 1.14. The summed E-state index contributed by atoms with van der Waals surface area (Å²) in [6, 6.07) is 7.69. The zero-order valence-electron chi connectivity index (χ0n) is 11.8. The van der Waals surface area contributed by atoms with Crippen LogP contribution in [0.1, 0.15) is 5.56 Å². The van der Waals surface area contributed by atoms with E-state index in [0.717, 1.165) is 28.2 Å². The smallest absolute Gasteiger partial charge is 0.335 e. The molecule has 20 heavy (non-hydrogen) atoms. The van der Waals surface area contributed by atoms with Gasteiger partial charge in [-0.1, -0.05) is 24.3 Å². The Morgan fingerprint density at radius 3 is 2.65 bits per heavy atom. The lowest BCUT2D eigenvalue weighted by Crippen LogP contribution is -2.06. The summed E-state index contributed by atoms with van der Waals surface area (Å²) < 4.78 is 10.8. The second-order valence-electron chi connectivity index (χ2n) is 4.38. The number of carbonyl (C=O) groups excluding carboxylic acids is 1. The monoisotopic (exact) mass is 271 g/mol. The molecule has 0 aliphatic carbocycles. The first-order valence-electron chi connectivity index (χ1n) is 6.24. The van der Waals surface area contributed by atoms with Crippen molar-refractivity contribution in [3.63, 3.8) is 0 Å². The zero-order valence-corrected chi connectivity index (χ0v) is 11.8. The van der Waals surface area contributed by atoms with E-state index in [0.29, 0.717) is 11.4 Å². The summed E-state index contributed by atoms with van der Waals surface area (Å²) in [4.78, 5) is 11.5. The summed E-state index contributed by atoms with van der Waals surface area (Å²) >= 11 is 0. The molecule has 4 heteroatoms. The number of benzene rings is 2. The maximum absolute atomic E-state index is 11.5. The molecule has 0 saturated heterocycles. The van der Waals surface area contributed by atoms with Crippen molar-refractivity contribution in [2.75, 3.05) is 19.5 Å². The minimum atomic E-state index is -0.492. The van der Waals surface area contributed by atoms with Gasteiger partial charge in [0.05, 0.1) is 12.8 Å². The van der Waals surface area contributed by atoms with Crippen LogP contribution in [-0.2, 0) is 4.79 Å². The molecule has 0 amide bonds. The molecule has 0 fully saturated rings. The maximum Gasteiger partial charge on any atom is 0.335 e. The molecule has 0 saturated carbocycles. The van der Waals surface area contributed by atoms with Crippen LogP contribution >= 0.6 is 0 Å². The van der Waals surface area contributed by atoms with E-state index in [1.807, 2.05) is 31.2 Å². The molecule has 2 aromatic rings. The highest BCUT2D eigenvalue weighted by molar-refractivity contribution is 6.00. The van der Waals surface area contributed by atoms with Gasteiger partial charge in [0.15, 0.2) is 5.75 Å². The van der Waals surface area contributed by atoms with Gasteiger partial charge in [-0.25, -0.2) is 4.79 Å². The van der Waals surface area contributed by atoms with Gasteiger partial charge in [-0.05, 0) is 13.0 Å². The fraction of sp³-hybridized carbons (Fsp3) is 0.188. The summed E-state index contributed by atoms with van der Waals surface area (Å²) in [5.74, 6) is 0.716. The topological polar surface area (TPSA) is 47.6 Å². The SMILES string of the molecule is C=CC(=O)Oc1c(NC)cc(OC)c2cc(C)ccc12. The fourth-order valence-electron chi connectivity index (χ4n) is 2.09. The van der Waals surface area contributed by atoms with Crippen LogP contribution in [-0.4, -0.2) is 20.1 Å². The highest BCUT2D eigenvalue weighted by Crippen LogP contribution is 2.40. The Bertz CT molecular complexity index is 677. The summed E-state index contributed by atoms with van der Waals surface area (Å²) in [5.41, 5.74) is 1.79. The van der Waals surface area contributed by atoms with Crippen LogP contribution < -0.4 is 14.8 Å². The van der Waals surface area contributed by atoms with Crippen LogP contribution in [0.15, 0.2) is 36.9 Å². The largest absolute Gasteiger partial charge is 0.496 e. The second kappa shape index (κ2) is 5.65. The molecule has 0 radical (unpaired) electrons. The first-order valence-corrected chi connectivity index (χ1v) is 6.24. The van der Waals surface area contributed by atoms with Crippen molar-refractivity contribution >= 4 is 22.4 Å². The van der Waals surface area contributed by atoms with Crippen LogP contribution in [0.3, 0.4) is 0 Å². The molecule has 0 aliphatic rings. The average Bonchev–Trinajstić information content (AvgIpc) is 2.47. The highest BCUT2D eigenvalue weighted by atomic mass is 16.5. The van der Waals surface area contributed by atoms with Crippen molar-refractivity contribution in [2.24, 2.45) is 0 Å². The molecule has 0 aliphatic heterocycles. The van der Waals surface area contributed by atoms with Crippen molar-refractivity contribution < 1.29 is 14.3 Å². The van der Waals surface area contributed by atoms with Crippen LogP contribution in [0, 0.1) is 6.92 Å². The Morgan fingerprint density at radius 1 is 1.30 bits per heavy atom. The first-order chi connectivity index (χ1) is 9.60. The van der Waals surface area contributed by atoms with E-state index in [-0.39, 0.29) is 0 Å². The van der Waals surface area contributed by atoms with Gasteiger partial charge in [0, 0.05) is 30.0 Å². The molecule has 0 spiro atoms. The minimum Gasteiger partial charge on any atom is -0.496 e. The number of carbonyl (C=O) groups is 1. The number of nitrogens with one attached hydrogen (secondary N) is 1. The quantitative estimate of drug-likeness (QED) is 0.526. The number of fused-ring (bicyclic) bond motifs is 1. The van der Waals surface area contributed by atoms with E-state index in [2.05, 4.69) is 11.9 Å². The Morgan fingerprint density at radius 2 is 2.05 bits per heavy atom. The lowest BCUT2D eigenvalue weighted by molar-refractivity contribution is -0.128. The van der Waals surface area contributed by atoms with Crippen molar-refractivity contribution in [1.29, 1.82) is 0 Å². The number of ether oxygens (including phenoxy) is 2. The van der Waals surface area contributed by atoms with Crippen LogP contribution in [0.25, 0.3) is 10.8 Å². The number of hydrogen-bond donors (Lipinski definition) is 1. The van der Waals surface area contributed by atoms with Gasteiger partial charge >= 0.3 is 5.97 Å². The normalized spacial score (nSPS) is 10.2. The standard InChI is InChI=1S/C16H17NO3/c1-5-15(18)20-16-11-7-6-10(2)8-12(11)14(19-4)9-13(16)17-3/h5-9,17H,1H2,2-4H3. The molecule has 0 unspecified atom stereocenters. The lowest BCUT2D eigenvalue weighted by Gasteiger charge is -2.15. The van der Waals surface area contributed by atoms with Gasteiger partial charge < -0.3 is 14.8 Å². The third-order valence-corrected chi connectivity index (χ3v) is 3.06. The Balaban J connectivity index is 2.76. The first kappa shape index (κ1) is 13.9. The fourth-order valence-corrected chi connectivity index (χ4v) is 2.09. The molecule has 1 N–H and O–H groups in total. The van der Waals surface area contributed by atoms with Crippen molar-refractivity contribution in [3.05, 3.63) is 42.5 Å². The summed E-state index contributed by atoms with van der Waals surface area (Å²) in [7, 11) is 3.38. The van der Waals surface area contributed by atoms with Gasteiger partial charge in [-0.15, -0.1) is 0 Å². The van der Waals surface area contributed by atoms with E-state index in [1.54, 1.807) is 14.2 Å². The third-order valence-electron chi connectivity index (χ3n) is 3.06. The van der Waals surface area contributed by atoms with E-state index < -0.39 is 5.97 Å². The molecular weight excluding hydrogens is 254 g/mol. The van der Waals surface area contributed by atoms with Crippen LogP contribution in [0.2, 0.25) is 0 Å². The third kappa shape index (κ3) is 2.45. The van der Waals surface area contributed by atoms with Gasteiger partial charge in [0.2, 0.25) is 0 Å². The second-order valence-corrected chi connectivity index (χ2v) is 4.38. The van der Waals surface area contributed by atoms with Gasteiger partial charge in [0.1, 0.15) is 5.75 Å². The number of rotatable bonds is 4. The summed E-state index contributed by atoms with van der Waals surface area (Å²) in [5, 5.41) is 4.73. The molecule has 2 aromatic carbocycles. The predicted octanol–water partition coefficient (Wildman–Crippen LogP) is 3.29. The van der Waals surface area contributed by atoms with Crippen molar-refractivity contribution in [1.82, 2.24) is 0 Å². The Labute approximate surface area is 118 Å². The number of anilines is 1. The molecule has 4 nitrogen and oxygen atoms in total. The molecule has 0 bridgehead atoms. The van der Waals surface area contributed by atoms with E-state index in [4.69, 9.17) is 9.47 Å². The minimum absolute atomic E-state index is 0.480. The molecule has 0 heterocycles. The predicted molar refractivity (Wildman–Crippen MR) is 80.6 cm³/mol. The van der Waals surface area contributed by atoms with Crippen molar-refractivity contribution in [2.45, 2.75) is 6.92 Å². The molecule has 0 aromatic heterocycles. The van der Waals surface area contributed by atoms with E-state index in [9.17, 15) is 4.79 Å². The molecular formula is C16H17NO3. The highest BCUT2D eigenvalue weighted by Gasteiger charge is 2.15. The van der Waals surface area contributed by atoms with Gasteiger partial charge in [0.25, 0.3) is 0 Å². The van der Waals surface area contributed by atoms with Crippen LogP contribution in [0.5, 0.6) is 11.5 Å². The number of esters is 1. The average molecular weight is 271 g/mol. The van der Waals surface area contributed by atoms with Crippen LogP contribution in [0.4, 0.5) is 5.69 Å². The molecule has 104 valence electrons. The lowest BCUT2D eigenvalue weighted by atomic mass is 10.0. The van der Waals surface area contributed by atoms with E-state index in [1.165, 1.54) is 0 Å². The number of hydrogen-bond acceptors (Lipinski definition) is 4.